The number of hydrogen-bond donors (Lipinski definition) is 0. The van der Waals surface area contributed by atoms with Gasteiger partial charge in [-0.3, -0.25) is 0 Å². The monoisotopic (exact) mass is 318 g/mol. The molecule has 0 aliphatic heterocycles. The topological polar surface area (TPSA) is 0 Å². The number of allylic oxidation sites excluding steroid dienone is 4. The zero-order chi connectivity index (χ0) is 11.1. The van der Waals surface area contributed by atoms with Gasteiger partial charge in [0.15, 0.2) is 0 Å². The maximum Gasteiger partial charge on any atom is -0.0134 e. The molecule has 1 aliphatic carbocycles. The average molecular weight is 318 g/mol. The molecule has 0 aromatic rings. The van der Waals surface area contributed by atoms with Crippen LogP contribution in [0.2, 0.25) is 0 Å². The molecule has 0 nitrogen and oxygen atoms in total. The van der Waals surface area contributed by atoms with E-state index >= 15 is 0 Å². The lowest BCUT2D eigenvalue weighted by Gasteiger charge is -2.30. The molecule has 0 saturated carbocycles. The SMILES string of the molecule is CC/C=C(/I)CCC[C@@]1(C)CC=CCC1. The highest BCUT2D eigenvalue weighted by molar-refractivity contribution is 14.1. The number of halogens is 1. The number of rotatable bonds is 5. The molecule has 0 spiro atoms. The van der Waals surface area contributed by atoms with Crippen molar-refractivity contribution < 1.29 is 0 Å². The van der Waals surface area contributed by atoms with Crippen LogP contribution >= 0.6 is 22.6 Å². The summed E-state index contributed by atoms with van der Waals surface area (Å²) in [5.74, 6) is 0. The van der Waals surface area contributed by atoms with Crippen molar-refractivity contribution >= 4 is 22.6 Å². The lowest BCUT2D eigenvalue weighted by atomic mass is 9.75. The highest BCUT2D eigenvalue weighted by atomic mass is 127. The van der Waals surface area contributed by atoms with Gasteiger partial charge in [-0.15, -0.1) is 0 Å². The highest BCUT2D eigenvalue weighted by Gasteiger charge is 2.23. The predicted molar refractivity (Wildman–Crippen MR) is 77.3 cm³/mol. The summed E-state index contributed by atoms with van der Waals surface area (Å²) in [6.45, 7) is 4.67. The molecule has 1 rings (SSSR count). The molecule has 0 N–H and O–H groups in total. The van der Waals surface area contributed by atoms with Gasteiger partial charge in [-0.2, -0.15) is 0 Å². The van der Waals surface area contributed by atoms with Gasteiger partial charge in [-0.05, 0) is 76.5 Å². The van der Waals surface area contributed by atoms with Crippen LogP contribution in [0.15, 0.2) is 21.8 Å². The van der Waals surface area contributed by atoms with Gasteiger partial charge in [0.1, 0.15) is 0 Å². The van der Waals surface area contributed by atoms with E-state index < -0.39 is 0 Å². The Balaban J connectivity index is 2.24. The van der Waals surface area contributed by atoms with Crippen molar-refractivity contribution in [2.45, 2.75) is 58.8 Å². The van der Waals surface area contributed by atoms with Gasteiger partial charge in [-0.1, -0.05) is 32.1 Å². The Morgan fingerprint density at radius 1 is 1.47 bits per heavy atom. The molecule has 15 heavy (non-hydrogen) atoms. The third kappa shape index (κ3) is 5.19. The second-order valence-corrected chi connectivity index (χ2v) is 6.32. The van der Waals surface area contributed by atoms with Gasteiger partial charge in [-0.25, -0.2) is 0 Å². The van der Waals surface area contributed by atoms with Gasteiger partial charge in [0, 0.05) is 0 Å². The van der Waals surface area contributed by atoms with Crippen LogP contribution in [-0.2, 0) is 0 Å². The maximum absolute atomic E-state index is 2.49. The minimum absolute atomic E-state index is 0.595. The summed E-state index contributed by atoms with van der Waals surface area (Å²) in [7, 11) is 0. The van der Waals surface area contributed by atoms with Crippen LogP contribution in [0.5, 0.6) is 0 Å². The molecule has 0 saturated heterocycles. The molecule has 0 amide bonds. The van der Waals surface area contributed by atoms with Crippen LogP contribution in [0.25, 0.3) is 0 Å². The highest BCUT2D eigenvalue weighted by Crippen LogP contribution is 2.37. The van der Waals surface area contributed by atoms with Crippen molar-refractivity contribution in [3.63, 3.8) is 0 Å². The Morgan fingerprint density at radius 2 is 2.27 bits per heavy atom. The van der Waals surface area contributed by atoms with Crippen molar-refractivity contribution in [2.75, 3.05) is 0 Å². The van der Waals surface area contributed by atoms with E-state index in [-0.39, 0.29) is 0 Å². The fourth-order valence-corrected chi connectivity index (χ4v) is 3.08. The van der Waals surface area contributed by atoms with Crippen LogP contribution in [0.1, 0.15) is 58.8 Å². The third-order valence-electron chi connectivity index (χ3n) is 3.31. The average Bonchev–Trinajstić information content (AvgIpc) is 2.19. The van der Waals surface area contributed by atoms with E-state index in [0.29, 0.717) is 5.41 Å². The molecule has 0 unspecified atom stereocenters. The summed E-state index contributed by atoms with van der Waals surface area (Å²) in [5, 5.41) is 0. The minimum Gasteiger partial charge on any atom is -0.0885 e. The van der Waals surface area contributed by atoms with Crippen LogP contribution in [-0.4, -0.2) is 0 Å². The van der Waals surface area contributed by atoms with Gasteiger partial charge >= 0.3 is 0 Å². The molecule has 0 aromatic carbocycles. The molecule has 0 fully saturated rings. The zero-order valence-electron chi connectivity index (χ0n) is 10.1. The second kappa shape index (κ2) is 6.72. The van der Waals surface area contributed by atoms with Crippen molar-refractivity contribution in [3.8, 4) is 0 Å². The normalized spacial score (nSPS) is 27.0. The first-order chi connectivity index (χ1) is 7.16. The quantitative estimate of drug-likeness (QED) is 0.455. The maximum atomic E-state index is 2.49. The van der Waals surface area contributed by atoms with Gasteiger partial charge in [0.25, 0.3) is 0 Å². The zero-order valence-corrected chi connectivity index (χ0v) is 12.2. The van der Waals surface area contributed by atoms with Gasteiger partial charge < -0.3 is 0 Å². The molecule has 1 aliphatic rings. The molecule has 0 radical (unpaired) electrons. The Labute approximate surface area is 108 Å². The smallest absolute Gasteiger partial charge is 0.0134 e. The molecule has 0 bridgehead atoms. The summed E-state index contributed by atoms with van der Waals surface area (Å²) >= 11 is 2.49. The van der Waals surface area contributed by atoms with E-state index in [1.165, 1.54) is 44.9 Å². The second-order valence-electron chi connectivity index (χ2n) is 4.94. The molecule has 0 heterocycles. The van der Waals surface area contributed by atoms with Crippen molar-refractivity contribution in [3.05, 3.63) is 21.8 Å². The fraction of sp³-hybridized carbons (Fsp3) is 0.714. The third-order valence-corrected chi connectivity index (χ3v) is 4.29. The van der Waals surface area contributed by atoms with Crippen LogP contribution in [0.4, 0.5) is 0 Å². The van der Waals surface area contributed by atoms with Crippen molar-refractivity contribution in [1.82, 2.24) is 0 Å². The van der Waals surface area contributed by atoms with Crippen LogP contribution in [0, 0.1) is 5.41 Å². The Kier molecular flexibility index (Phi) is 5.95. The largest absolute Gasteiger partial charge is 0.0885 e. The molecule has 86 valence electrons. The van der Waals surface area contributed by atoms with E-state index in [2.05, 4.69) is 54.7 Å². The Bertz CT molecular complexity index is 240. The van der Waals surface area contributed by atoms with Crippen molar-refractivity contribution in [1.29, 1.82) is 0 Å². The standard InChI is InChI=1S/C14H23I/c1-3-8-13(15)9-7-12-14(2)10-5-4-6-11-14/h4-5,8H,3,6-7,9-12H2,1-2H3/b13-8+/t14-/m0/s1. The fourth-order valence-electron chi connectivity index (χ4n) is 2.25. The predicted octanol–water partition coefficient (Wildman–Crippen LogP) is 5.63. The van der Waals surface area contributed by atoms with Gasteiger partial charge in [0.2, 0.25) is 0 Å². The molecule has 1 heteroatoms. The molecule has 1 atom stereocenters. The Hall–Kier alpha value is 0.210. The van der Waals surface area contributed by atoms with E-state index in [0.717, 1.165) is 0 Å². The van der Waals surface area contributed by atoms with E-state index in [4.69, 9.17) is 0 Å². The first-order valence-electron chi connectivity index (χ1n) is 6.16. The lowest BCUT2D eigenvalue weighted by Crippen LogP contribution is -2.17. The van der Waals surface area contributed by atoms with Crippen LogP contribution < -0.4 is 0 Å². The lowest BCUT2D eigenvalue weighted by molar-refractivity contribution is 0.262. The molecule has 0 aromatic heterocycles. The summed E-state index contributed by atoms with van der Waals surface area (Å²) in [4.78, 5) is 0. The van der Waals surface area contributed by atoms with Crippen LogP contribution in [0.3, 0.4) is 0 Å². The minimum atomic E-state index is 0.595. The first kappa shape index (κ1) is 13.3. The first-order valence-corrected chi connectivity index (χ1v) is 7.24. The number of hydrogen-bond acceptors (Lipinski definition) is 0. The summed E-state index contributed by atoms with van der Waals surface area (Å²) in [5.41, 5.74) is 0.595. The van der Waals surface area contributed by atoms with E-state index in [1.807, 2.05) is 0 Å². The molecular weight excluding hydrogens is 295 g/mol. The van der Waals surface area contributed by atoms with E-state index in [9.17, 15) is 0 Å². The molecular formula is C14H23I. The van der Waals surface area contributed by atoms with Gasteiger partial charge in [0.05, 0.1) is 0 Å². The Morgan fingerprint density at radius 3 is 2.87 bits per heavy atom. The summed E-state index contributed by atoms with van der Waals surface area (Å²) in [6, 6.07) is 0. The van der Waals surface area contributed by atoms with Crippen molar-refractivity contribution in [2.24, 2.45) is 5.41 Å². The summed E-state index contributed by atoms with van der Waals surface area (Å²) in [6.07, 6.45) is 16.2. The summed E-state index contributed by atoms with van der Waals surface area (Å²) < 4.78 is 1.55. The van der Waals surface area contributed by atoms with E-state index in [1.54, 1.807) is 3.58 Å².